The van der Waals surface area contributed by atoms with Crippen molar-refractivity contribution in [1.29, 1.82) is 0 Å². The number of nitrogens with zero attached hydrogens (tertiary/aromatic N) is 1. The molecule has 0 saturated heterocycles. The molecule has 0 aliphatic heterocycles. The normalized spacial score (nSPS) is 10.1. The SMILES string of the molecule is CCCC(=O)OCc1ccc(Cl)nc1C. The maximum absolute atomic E-state index is 11.1. The molecule has 0 aromatic carbocycles. The Hall–Kier alpha value is -1.09. The summed E-state index contributed by atoms with van der Waals surface area (Å²) in [6.07, 6.45) is 1.26. The second kappa shape index (κ2) is 5.71. The van der Waals surface area contributed by atoms with E-state index in [1.54, 1.807) is 6.07 Å². The van der Waals surface area contributed by atoms with Crippen LogP contribution in [0.5, 0.6) is 0 Å². The fraction of sp³-hybridized carbons (Fsp3) is 0.455. The number of carbonyl (C=O) groups excluding carboxylic acids is 1. The van der Waals surface area contributed by atoms with Gasteiger partial charge in [-0.25, -0.2) is 4.98 Å². The minimum absolute atomic E-state index is 0.174. The molecule has 0 unspecified atom stereocenters. The molecule has 0 saturated carbocycles. The van der Waals surface area contributed by atoms with E-state index in [1.165, 1.54) is 0 Å². The monoisotopic (exact) mass is 227 g/mol. The molecule has 1 heterocycles. The Labute approximate surface area is 94.4 Å². The molecule has 0 N–H and O–H groups in total. The molecule has 0 radical (unpaired) electrons. The van der Waals surface area contributed by atoms with Gasteiger partial charge in [-0.15, -0.1) is 0 Å². The Morgan fingerprint density at radius 2 is 2.27 bits per heavy atom. The first-order chi connectivity index (χ1) is 7.13. The lowest BCUT2D eigenvalue weighted by molar-refractivity contribution is -0.145. The van der Waals surface area contributed by atoms with E-state index < -0.39 is 0 Å². The number of ether oxygens (including phenoxy) is 1. The van der Waals surface area contributed by atoms with E-state index in [4.69, 9.17) is 16.3 Å². The number of hydrogen-bond acceptors (Lipinski definition) is 3. The minimum atomic E-state index is -0.174. The van der Waals surface area contributed by atoms with E-state index in [1.807, 2.05) is 19.9 Å². The van der Waals surface area contributed by atoms with Crippen LogP contribution in [-0.2, 0) is 16.1 Å². The molecule has 15 heavy (non-hydrogen) atoms. The van der Waals surface area contributed by atoms with Crippen LogP contribution in [0, 0.1) is 6.92 Å². The minimum Gasteiger partial charge on any atom is -0.461 e. The predicted octanol–water partition coefficient (Wildman–Crippen LogP) is 2.89. The van der Waals surface area contributed by atoms with Crippen molar-refractivity contribution in [1.82, 2.24) is 4.98 Å². The van der Waals surface area contributed by atoms with Crippen molar-refractivity contribution < 1.29 is 9.53 Å². The first-order valence-electron chi connectivity index (χ1n) is 4.91. The molecule has 0 spiro atoms. The summed E-state index contributed by atoms with van der Waals surface area (Å²) in [5, 5.41) is 0.455. The maximum atomic E-state index is 11.1. The van der Waals surface area contributed by atoms with Gasteiger partial charge >= 0.3 is 5.97 Å². The third kappa shape index (κ3) is 3.88. The van der Waals surface area contributed by atoms with Gasteiger partial charge in [0.2, 0.25) is 0 Å². The smallest absolute Gasteiger partial charge is 0.306 e. The summed E-state index contributed by atoms with van der Waals surface area (Å²) in [5.74, 6) is -0.174. The van der Waals surface area contributed by atoms with E-state index in [0.29, 0.717) is 11.6 Å². The van der Waals surface area contributed by atoms with E-state index in [2.05, 4.69) is 4.98 Å². The molecule has 0 amide bonds. The van der Waals surface area contributed by atoms with Crippen LogP contribution in [0.4, 0.5) is 0 Å². The Bertz CT molecular complexity index is 352. The highest BCUT2D eigenvalue weighted by Crippen LogP contribution is 2.12. The Kier molecular flexibility index (Phi) is 4.56. The van der Waals surface area contributed by atoms with Crippen LogP contribution in [0.15, 0.2) is 12.1 Å². The molecule has 1 aromatic rings. The van der Waals surface area contributed by atoms with E-state index in [-0.39, 0.29) is 12.6 Å². The zero-order valence-corrected chi connectivity index (χ0v) is 9.67. The lowest BCUT2D eigenvalue weighted by Gasteiger charge is -2.06. The number of pyridine rings is 1. The van der Waals surface area contributed by atoms with Crippen molar-refractivity contribution >= 4 is 17.6 Å². The quantitative estimate of drug-likeness (QED) is 0.587. The molecule has 0 fully saturated rings. The number of hydrogen-bond donors (Lipinski definition) is 0. The van der Waals surface area contributed by atoms with Gasteiger partial charge in [0.25, 0.3) is 0 Å². The fourth-order valence-corrected chi connectivity index (χ4v) is 1.34. The standard InChI is InChI=1S/C11H14ClNO2/c1-3-4-11(14)15-7-9-5-6-10(12)13-8(9)2/h5-6H,3-4,7H2,1-2H3. The van der Waals surface area contributed by atoms with Crippen LogP contribution in [0.25, 0.3) is 0 Å². The molecule has 82 valence electrons. The van der Waals surface area contributed by atoms with E-state index in [0.717, 1.165) is 17.7 Å². The summed E-state index contributed by atoms with van der Waals surface area (Å²) in [6.45, 7) is 4.06. The van der Waals surface area contributed by atoms with Crippen molar-refractivity contribution in [3.05, 3.63) is 28.5 Å². The lowest BCUT2D eigenvalue weighted by atomic mass is 10.2. The summed E-state index contributed by atoms with van der Waals surface area (Å²) in [4.78, 5) is 15.2. The second-order valence-electron chi connectivity index (χ2n) is 3.29. The Balaban J connectivity index is 2.54. The first-order valence-corrected chi connectivity index (χ1v) is 5.29. The molecule has 0 bridgehead atoms. The molecule has 0 aliphatic rings. The van der Waals surface area contributed by atoms with Gasteiger partial charge in [-0.05, 0) is 19.4 Å². The van der Waals surface area contributed by atoms with Crippen molar-refractivity contribution in [2.75, 3.05) is 0 Å². The van der Waals surface area contributed by atoms with Crippen molar-refractivity contribution in [2.45, 2.75) is 33.3 Å². The molecule has 1 aromatic heterocycles. The van der Waals surface area contributed by atoms with Crippen molar-refractivity contribution in [2.24, 2.45) is 0 Å². The third-order valence-corrected chi connectivity index (χ3v) is 2.21. The number of rotatable bonds is 4. The summed E-state index contributed by atoms with van der Waals surface area (Å²) >= 11 is 5.71. The number of aryl methyl sites for hydroxylation is 1. The number of aromatic nitrogens is 1. The largest absolute Gasteiger partial charge is 0.461 e. The molecule has 0 aliphatic carbocycles. The average Bonchev–Trinajstić information content (AvgIpc) is 2.17. The van der Waals surface area contributed by atoms with Crippen molar-refractivity contribution in [3.63, 3.8) is 0 Å². The van der Waals surface area contributed by atoms with Crippen LogP contribution in [0.3, 0.4) is 0 Å². The van der Waals surface area contributed by atoms with Gasteiger partial charge in [-0.3, -0.25) is 4.79 Å². The van der Waals surface area contributed by atoms with Gasteiger partial charge in [0.05, 0.1) is 0 Å². The predicted molar refractivity (Wildman–Crippen MR) is 58.7 cm³/mol. The summed E-state index contributed by atoms with van der Waals surface area (Å²) < 4.78 is 5.07. The summed E-state index contributed by atoms with van der Waals surface area (Å²) in [7, 11) is 0. The van der Waals surface area contributed by atoms with Gasteiger partial charge in [-0.2, -0.15) is 0 Å². The molecular weight excluding hydrogens is 214 g/mol. The molecular formula is C11H14ClNO2. The summed E-state index contributed by atoms with van der Waals surface area (Å²) in [5.41, 5.74) is 1.69. The third-order valence-electron chi connectivity index (χ3n) is 2.00. The van der Waals surface area contributed by atoms with Gasteiger partial charge in [0.1, 0.15) is 11.8 Å². The second-order valence-corrected chi connectivity index (χ2v) is 3.68. The topological polar surface area (TPSA) is 39.2 Å². The highest BCUT2D eigenvalue weighted by atomic mass is 35.5. The maximum Gasteiger partial charge on any atom is 0.306 e. The summed E-state index contributed by atoms with van der Waals surface area (Å²) in [6, 6.07) is 3.52. The van der Waals surface area contributed by atoms with Gasteiger partial charge in [0.15, 0.2) is 0 Å². The van der Waals surface area contributed by atoms with Crippen LogP contribution in [0.1, 0.15) is 31.0 Å². The molecule has 0 atom stereocenters. The van der Waals surface area contributed by atoms with Crippen molar-refractivity contribution in [3.8, 4) is 0 Å². The van der Waals surface area contributed by atoms with E-state index >= 15 is 0 Å². The Morgan fingerprint density at radius 3 is 2.87 bits per heavy atom. The van der Waals surface area contributed by atoms with E-state index in [9.17, 15) is 4.79 Å². The lowest BCUT2D eigenvalue weighted by Crippen LogP contribution is -2.05. The zero-order chi connectivity index (χ0) is 11.3. The highest BCUT2D eigenvalue weighted by Gasteiger charge is 2.04. The Morgan fingerprint density at radius 1 is 1.53 bits per heavy atom. The zero-order valence-electron chi connectivity index (χ0n) is 8.92. The van der Waals surface area contributed by atoms with Gasteiger partial charge in [-0.1, -0.05) is 24.6 Å². The van der Waals surface area contributed by atoms with Gasteiger partial charge < -0.3 is 4.74 Å². The number of halogens is 1. The van der Waals surface area contributed by atoms with Gasteiger partial charge in [0, 0.05) is 17.7 Å². The molecule has 3 nitrogen and oxygen atoms in total. The first kappa shape index (κ1) is 12.0. The van der Waals surface area contributed by atoms with Crippen LogP contribution in [-0.4, -0.2) is 11.0 Å². The van der Waals surface area contributed by atoms with Crippen LogP contribution in [0.2, 0.25) is 5.15 Å². The number of esters is 1. The fourth-order valence-electron chi connectivity index (χ4n) is 1.15. The average molecular weight is 228 g/mol. The molecule has 1 rings (SSSR count). The molecule has 4 heteroatoms. The highest BCUT2D eigenvalue weighted by molar-refractivity contribution is 6.29. The van der Waals surface area contributed by atoms with Crippen LogP contribution >= 0.6 is 11.6 Å². The number of carbonyl (C=O) groups is 1. The van der Waals surface area contributed by atoms with Crippen LogP contribution < -0.4 is 0 Å².